The first-order chi connectivity index (χ1) is 13.7. The summed E-state index contributed by atoms with van der Waals surface area (Å²) in [6.07, 6.45) is -2.31. The maximum atomic E-state index is 13.3. The van der Waals surface area contributed by atoms with Crippen LogP contribution in [0.25, 0.3) is 28.6 Å². The molecule has 0 amide bonds. The van der Waals surface area contributed by atoms with Crippen LogP contribution in [0.15, 0.2) is 23.0 Å². The normalized spacial score (nSPS) is 12.0. The predicted octanol–water partition coefficient (Wildman–Crippen LogP) is 2.90. The monoisotopic (exact) mass is 408 g/mol. The number of hydrogen-bond acceptors (Lipinski definition) is 8. The minimum Gasteiger partial charge on any atom is -0.332 e. The number of rotatable bonds is 4. The number of aryl methyl sites for hydroxylation is 2. The fourth-order valence-electron chi connectivity index (χ4n) is 2.73. The molecule has 0 unspecified atom stereocenters. The molecule has 11 nitrogen and oxygen atoms in total. The lowest BCUT2D eigenvalue weighted by Gasteiger charge is -2.09. The van der Waals surface area contributed by atoms with Gasteiger partial charge in [-0.1, -0.05) is 5.16 Å². The van der Waals surface area contributed by atoms with E-state index in [1.807, 2.05) is 0 Å². The summed E-state index contributed by atoms with van der Waals surface area (Å²) in [6.45, 7) is 3.53. The highest BCUT2D eigenvalue weighted by Crippen LogP contribution is 2.33. The Bertz CT molecular complexity index is 1240. The molecule has 4 aromatic heterocycles. The van der Waals surface area contributed by atoms with Crippen molar-refractivity contribution in [3.8, 4) is 23.0 Å². The van der Waals surface area contributed by atoms with Gasteiger partial charge in [0, 0.05) is 12.2 Å². The van der Waals surface area contributed by atoms with Gasteiger partial charge in [0.15, 0.2) is 5.65 Å². The Morgan fingerprint density at radius 1 is 1.31 bits per heavy atom. The van der Waals surface area contributed by atoms with Gasteiger partial charge in [-0.2, -0.15) is 28.4 Å². The number of nitro groups is 1. The molecule has 14 heteroatoms. The quantitative estimate of drug-likeness (QED) is 0.372. The van der Waals surface area contributed by atoms with Gasteiger partial charge in [0.1, 0.15) is 11.9 Å². The zero-order valence-corrected chi connectivity index (χ0v) is 14.9. The molecule has 0 aliphatic heterocycles. The van der Waals surface area contributed by atoms with Crippen molar-refractivity contribution in [1.82, 2.24) is 34.5 Å². The molecule has 0 spiro atoms. The van der Waals surface area contributed by atoms with Crippen LogP contribution in [0.1, 0.15) is 18.3 Å². The third-order valence-electron chi connectivity index (χ3n) is 4.02. The fourth-order valence-corrected chi connectivity index (χ4v) is 2.73. The first-order valence-corrected chi connectivity index (χ1v) is 8.18. The Kier molecular flexibility index (Phi) is 4.06. The van der Waals surface area contributed by atoms with Crippen LogP contribution < -0.4 is 0 Å². The summed E-state index contributed by atoms with van der Waals surface area (Å²) < 4.78 is 46.9. The van der Waals surface area contributed by atoms with Gasteiger partial charge in [-0.05, 0) is 19.9 Å². The number of aromatic nitrogens is 7. The molecular formula is C15H11F3N8O3. The van der Waals surface area contributed by atoms with Gasteiger partial charge in [-0.15, -0.1) is 0 Å². The lowest BCUT2D eigenvalue weighted by atomic mass is 10.3. The molecule has 0 fully saturated rings. The second kappa shape index (κ2) is 6.35. The Morgan fingerprint density at radius 3 is 2.72 bits per heavy atom. The third kappa shape index (κ3) is 3.07. The molecule has 0 aliphatic rings. The molecule has 4 aromatic rings. The van der Waals surface area contributed by atoms with E-state index in [2.05, 4.69) is 25.3 Å². The highest BCUT2D eigenvalue weighted by Gasteiger charge is 2.35. The molecule has 0 atom stereocenters. The van der Waals surface area contributed by atoms with E-state index < -0.39 is 16.8 Å². The first-order valence-electron chi connectivity index (χ1n) is 8.18. The van der Waals surface area contributed by atoms with Gasteiger partial charge >= 0.3 is 11.9 Å². The van der Waals surface area contributed by atoms with Gasteiger partial charge in [0.25, 0.3) is 5.89 Å². The highest BCUT2D eigenvalue weighted by molar-refractivity contribution is 5.73. The molecule has 0 aliphatic carbocycles. The Morgan fingerprint density at radius 2 is 2.07 bits per heavy atom. The van der Waals surface area contributed by atoms with E-state index >= 15 is 0 Å². The van der Waals surface area contributed by atoms with E-state index in [9.17, 15) is 23.3 Å². The SMILES string of the molecule is CCn1cc([N+](=O)[O-])c(-c2nc(-c3cnn4c(C(F)(F)F)cc(C)nc34)no2)n1. The molecule has 29 heavy (non-hydrogen) atoms. The third-order valence-corrected chi connectivity index (χ3v) is 4.02. The Hall–Kier alpha value is -3.84. The van der Waals surface area contributed by atoms with Crippen LogP contribution in [0.5, 0.6) is 0 Å². The van der Waals surface area contributed by atoms with Crippen LogP contribution in [0.4, 0.5) is 18.9 Å². The van der Waals surface area contributed by atoms with Crippen LogP contribution in [-0.4, -0.2) is 39.4 Å². The predicted molar refractivity (Wildman–Crippen MR) is 89.6 cm³/mol. The number of nitrogens with zero attached hydrogens (tertiary/aromatic N) is 8. The van der Waals surface area contributed by atoms with E-state index in [4.69, 9.17) is 4.52 Å². The number of alkyl halides is 3. The summed E-state index contributed by atoms with van der Waals surface area (Å²) in [5.41, 5.74) is -1.42. The van der Waals surface area contributed by atoms with Crippen molar-refractivity contribution >= 4 is 11.3 Å². The zero-order valence-electron chi connectivity index (χ0n) is 14.9. The average Bonchev–Trinajstić information content (AvgIpc) is 3.36. The minimum atomic E-state index is -4.65. The summed E-state index contributed by atoms with van der Waals surface area (Å²) >= 11 is 0. The van der Waals surface area contributed by atoms with Crippen LogP contribution in [0.2, 0.25) is 0 Å². The van der Waals surface area contributed by atoms with Gasteiger partial charge in [0.05, 0.1) is 16.7 Å². The first kappa shape index (κ1) is 18.5. The summed E-state index contributed by atoms with van der Waals surface area (Å²) in [7, 11) is 0. The number of halogens is 3. The number of hydrogen-bond donors (Lipinski definition) is 0. The van der Waals surface area contributed by atoms with Gasteiger partial charge in [-0.25, -0.2) is 9.50 Å². The van der Waals surface area contributed by atoms with Gasteiger partial charge in [0.2, 0.25) is 11.5 Å². The maximum absolute atomic E-state index is 13.3. The molecule has 0 radical (unpaired) electrons. The fraction of sp³-hybridized carbons (Fsp3) is 0.267. The van der Waals surface area contributed by atoms with E-state index in [0.29, 0.717) is 11.1 Å². The molecule has 4 heterocycles. The molecule has 150 valence electrons. The molecule has 0 saturated heterocycles. The summed E-state index contributed by atoms with van der Waals surface area (Å²) in [5, 5.41) is 22.7. The van der Waals surface area contributed by atoms with E-state index in [-0.39, 0.29) is 40.0 Å². The zero-order chi connectivity index (χ0) is 20.9. The lowest BCUT2D eigenvalue weighted by Crippen LogP contribution is -2.13. The van der Waals surface area contributed by atoms with Crippen molar-refractivity contribution in [2.75, 3.05) is 0 Å². The largest absolute Gasteiger partial charge is 0.433 e. The summed E-state index contributed by atoms with van der Waals surface area (Å²) in [6, 6.07) is 0.867. The second-order valence-corrected chi connectivity index (χ2v) is 5.97. The molecule has 0 saturated carbocycles. The molecule has 0 bridgehead atoms. The van der Waals surface area contributed by atoms with Crippen molar-refractivity contribution in [2.45, 2.75) is 26.6 Å². The van der Waals surface area contributed by atoms with Crippen molar-refractivity contribution in [1.29, 1.82) is 0 Å². The summed E-state index contributed by atoms with van der Waals surface area (Å²) in [4.78, 5) is 18.7. The average molecular weight is 408 g/mol. The number of fused-ring (bicyclic) bond motifs is 1. The standard InChI is InChI=1S/C15H11F3N8O3/c1-3-24-6-9(26(27)28)11(22-24)14-21-12(23-29-14)8-5-19-25-10(15(16,17)18)4-7(2)20-13(8)25/h4-6H,3H2,1-2H3. The molecule has 0 N–H and O–H groups in total. The Labute approximate surface area is 158 Å². The lowest BCUT2D eigenvalue weighted by molar-refractivity contribution is -0.384. The van der Waals surface area contributed by atoms with Crippen molar-refractivity contribution in [3.05, 3.63) is 40.0 Å². The minimum absolute atomic E-state index is 0.0757. The molecule has 4 rings (SSSR count). The second-order valence-electron chi connectivity index (χ2n) is 5.97. The molecular weight excluding hydrogens is 397 g/mol. The Balaban J connectivity index is 1.84. The maximum Gasteiger partial charge on any atom is 0.433 e. The van der Waals surface area contributed by atoms with E-state index in [1.165, 1.54) is 17.8 Å². The van der Waals surface area contributed by atoms with Crippen LogP contribution in [0.3, 0.4) is 0 Å². The van der Waals surface area contributed by atoms with Crippen molar-refractivity contribution in [2.24, 2.45) is 0 Å². The van der Waals surface area contributed by atoms with Crippen molar-refractivity contribution < 1.29 is 22.6 Å². The smallest absolute Gasteiger partial charge is 0.332 e. The van der Waals surface area contributed by atoms with Gasteiger partial charge in [-0.3, -0.25) is 14.8 Å². The molecule has 0 aromatic carbocycles. The highest BCUT2D eigenvalue weighted by atomic mass is 19.4. The van der Waals surface area contributed by atoms with Crippen LogP contribution in [-0.2, 0) is 12.7 Å². The van der Waals surface area contributed by atoms with Crippen molar-refractivity contribution in [3.63, 3.8) is 0 Å². The van der Waals surface area contributed by atoms with Gasteiger partial charge < -0.3 is 4.52 Å². The van der Waals surface area contributed by atoms with E-state index in [0.717, 1.165) is 12.3 Å². The summed E-state index contributed by atoms with van der Waals surface area (Å²) in [5.74, 6) is -0.372. The topological polar surface area (TPSA) is 130 Å². The van der Waals surface area contributed by atoms with E-state index in [1.54, 1.807) is 6.92 Å². The van der Waals surface area contributed by atoms with Crippen LogP contribution >= 0.6 is 0 Å². The van der Waals surface area contributed by atoms with Crippen LogP contribution in [0, 0.1) is 17.0 Å².